The molecule has 6 nitrogen and oxygen atoms in total. The Morgan fingerprint density at radius 2 is 1.82 bits per heavy atom. The molecule has 0 saturated heterocycles. The third-order valence-electron chi connectivity index (χ3n) is 5.92. The van der Waals surface area contributed by atoms with Gasteiger partial charge in [0.25, 0.3) is 5.91 Å². The molecule has 2 N–H and O–H groups in total. The van der Waals surface area contributed by atoms with Crippen LogP contribution in [0.3, 0.4) is 0 Å². The molecule has 1 aromatic heterocycles. The molecular weight excluding hydrogens is 412 g/mol. The van der Waals surface area contributed by atoms with Crippen LogP contribution in [0, 0.1) is 13.8 Å². The number of fused-ring (bicyclic) bond motifs is 1. The Kier molecular flexibility index (Phi) is 5.34. The van der Waals surface area contributed by atoms with Crippen LogP contribution in [0.2, 0.25) is 0 Å². The van der Waals surface area contributed by atoms with Gasteiger partial charge in [0, 0.05) is 30.4 Å². The summed E-state index contributed by atoms with van der Waals surface area (Å²) in [6.45, 7) is 5.07. The Morgan fingerprint density at radius 3 is 2.58 bits per heavy atom. The molecule has 0 saturated carbocycles. The molecule has 1 aliphatic heterocycles. The summed E-state index contributed by atoms with van der Waals surface area (Å²) in [6.07, 6.45) is 1.84. The molecule has 0 radical (unpaired) electrons. The van der Waals surface area contributed by atoms with Gasteiger partial charge in [0.05, 0.1) is 23.4 Å². The van der Waals surface area contributed by atoms with E-state index in [0.29, 0.717) is 11.4 Å². The standard InChI is InChI=1S/C27H26N4O2/c1-17-11-19(14-28-21-7-5-4-6-8-21)12-18(2)25(17)26-27(31(3)16-29-26)20-9-10-22-23(13-20)33-15-24(32)30-22/h4-13,16,28H,14-15H2,1-3H3,(H,30,32). The summed E-state index contributed by atoms with van der Waals surface area (Å²) in [7, 11) is 2.00. The summed E-state index contributed by atoms with van der Waals surface area (Å²) < 4.78 is 7.67. The fourth-order valence-corrected chi connectivity index (χ4v) is 4.46. The third-order valence-corrected chi connectivity index (χ3v) is 5.92. The van der Waals surface area contributed by atoms with Crippen LogP contribution >= 0.6 is 0 Å². The molecule has 3 aromatic carbocycles. The van der Waals surface area contributed by atoms with E-state index in [-0.39, 0.29) is 12.5 Å². The lowest BCUT2D eigenvalue weighted by atomic mass is 9.94. The van der Waals surface area contributed by atoms with Gasteiger partial charge in [-0.2, -0.15) is 0 Å². The van der Waals surface area contributed by atoms with Crippen LogP contribution in [-0.2, 0) is 18.4 Å². The van der Waals surface area contributed by atoms with E-state index in [1.165, 1.54) is 16.7 Å². The van der Waals surface area contributed by atoms with Gasteiger partial charge in [0.15, 0.2) is 6.61 Å². The number of anilines is 2. The summed E-state index contributed by atoms with van der Waals surface area (Å²) in [4.78, 5) is 16.4. The Bertz CT molecular complexity index is 1320. The normalized spacial score (nSPS) is 12.6. The minimum atomic E-state index is -0.135. The third kappa shape index (κ3) is 4.07. The number of carbonyl (C=O) groups excluding carboxylic acids is 1. The van der Waals surface area contributed by atoms with Crippen molar-refractivity contribution in [1.82, 2.24) is 9.55 Å². The topological polar surface area (TPSA) is 68.2 Å². The number of para-hydroxylation sites is 1. The van der Waals surface area contributed by atoms with Crippen LogP contribution in [0.25, 0.3) is 22.5 Å². The summed E-state index contributed by atoms with van der Waals surface area (Å²) >= 11 is 0. The van der Waals surface area contributed by atoms with Crippen molar-refractivity contribution in [3.8, 4) is 28.3 Å². The maximum absolute atomic E-state index is 11.6. The van der Waals surface area contributed by atoms with E-state index >= 15 is 0 Å². The van der Waals surface area contributed by atoms with E-state index in [0.717, 1.165) is 34.7 Å². The molecule has 0 fully saturated rings. The second-order valence-electron chi connectivity index (χ2n) is 8.42. The number of ether oxygens (including phenoxy) is 1. The zero-order valence-electron chi connectivity index (χ0n) is 19.0. The van der Waals surface area contributed by atoms with Crippen LogP contribution in [0.4, 0.5) is 11.4 Å². The summed E-state index contributed by atoms with van der Waals surface area (Å²) in [5.41, 5.74) is 9.48. The second-order valence-corrected chi connectivity index (χ2v) is 8.42. The molecule has 166 valence electrons. The predicted molar refractivity (Wildman–Crippen MR) is 131 cm³/mol. The van der Waals surface area contributed by atoms with Gasteiger partial charge in [-0.15, -0.1) is 0 Å². The molecule has 6 heteroatoms. The highest BCUT2D eigenvalue weighted by atomic mass is 16.5. The van der Waals surface area contributed by atoms with Crippen molar-refractivity contribution >= 4 is 17.3 Å². The number of benzene rings is 3. The van der Waals surface area contributed by atoms with Crippen molar-refractivity contribution in [3.63, 3.8) is 0 Å². The number of nitrogens with one attached hydrogen (secondary N) is 2. The van der Waals surface area contributed by atoms with Crippen LogP contribution < -0.4 is 15.4 Å². The second kappa shape index (κ2) is 8.47. The molecule has 33 heavy (non-hydrogen) atoms. The highest BCUT2D eigenvalue weighted by molar-refractivity contribution is 5.96. The van der Waals surface area contributed by atoms with Gasteiger partial charge in [-0.05, 0) is 54.8 Å². The van der Waals surface area contributed by atoms with Gasteiger partial charge < -0.3 is 19.9 Å². The number of aromatic nitrogens is 2. The van der Waals surface area contributed by atoms with Crippen molar-refractivity contribution in [2.24, 2.45) is 7.05 Å². The lowest BCUT2D eigenvalue weighted by Gasteiger charge is -2.19. The highest BCUT2D eigenvalue weighted by Gasteiger charge is 2.21. The number of rotatable bonds is 5. The van der Waals surface area contributed by atoms with Crippen LogP contribution in [0.1, 0.15) is 16.7 Å². The van der Waals surface area contributed by atoms with Crippen molar-refractivity contribution in [2.45, 2.75) is 20.4 Å². The van der Waals surface area contributed by atoms with Crippen molar-refractivity contribution in [3.05, 3.63) is 83.7 Å². The lowest BCUT2D eigenvalue weighted by molar-refractivity contribution is -0.118. The molecule has 0 spiro atoms. The van der Waals surface area contributed by atoms with Gasteiger partial charge in [0.2, 0.25) is 0 Å². The molecular formula is C27H26N4O2. The van der Waals surface area contributed by atoms with Gasteiger partial charge in [-0.3, -0.25) is 4.79 Å². The molecule has 5 rings (SSSR count). The molecule has 4 aromatic rings. The minimum absolute atomic E-state index is 0.0331. The molecule has 2 heterocycles. The van der Waals surface area contributed by atoms with Gasteiger partial charge in [-0.1, -0.05) is 36.4 Å². The molecule has 0 bridgehead atoms. The Morgan fingerprint density at radius 1 is 1.06 bits per heavy atom. The number of hydrogen-bond donors (Lipinski definition) is 2. The molecule has 0 aliphatic carbocycles. The first-order valence-corrected chi connectivity index (χ1v) is 11.0. The summed E-state index contributed by atoms with van der Waals surface area (Å²) in [5.74, 6) is 0.541. The SMILES string of the molecule is Cc1cc(CNc2ccccc2)cc(C)c1-c1ncn(C)c1-c1ccc2c(c1)OCC(=O)N2. The molecule has 1 aliphatic rings. The summed E-state index contributed by atoms with van der Waals surface area (Å²) in [6, 6.07) is 20.5. The van der Waals surface area contributed by atoms with Gasteiger partial charge >= 0.3 is 0 Å². The largest absolute Gasteiger partial charge is 0.482 e. The Labute approximate surface area is 193 Å². The quantitative estimate of drug-likeness (QED) is 0.443. The Balaban J connectivity index is 1.49. The molecule has 0 unspecified atom stereocenters. The number of carbonyl (C=O) groups is 1. The van der Waals surface area contributed by atoms with Crippen LogP contribution in [-0.4, -0.2) is 22.1 Å². The maximum atomic E-state index is 11.6. The molecule has 1 amide bonds. The zero-order chi connectivity index (χ0) is 22.9. The van der Waals surface area contributed by atoms with E-state index < -0.39 is 0 Å². The van der Waals surface area contributed by atoms with Crippen molar-refractivity contribution in [2.75, 3.05) is 17.2 Å². The lowest BCUT2D eigenvalue weighted by Crippen LogP contribution is -2.25. The number of hydrogen-bond acceptors (Lipinski definition) is 4. The Hall–Kier alpha value is -4.06. The molecule has 0 atom stereocenters. The van der Waals surface area contributed by atoms with E-state index in [9.17, 15) is 4.79 Å². The monoisotopic (exact) mass is 438 g/mol. The number of amides is 1. The zero-order valence-corrected chi connectivity index (χ0v) is 19.0. The minimum Gasteiger partial charge on any atom is -0.482 e. The van der Waals surface area contributed by atoms with Crippen molar-refractivity contribution in [1.29, 1.82) is 0 Å². The first kappa shape index (κ1) is 20.8. The smallest absolute Gasteiger partial charge is 0.262 e. The van der Waals surface area contributed by atoms with E-state index in [2.05, 4.69) is 48.7 Å². The highest BCUT2D eigenvalue weighted by Crippen LogP contribution is 2.38. The van der Waals surface area contributed by atoms with Crippen LogP contribution in [0.15, 0.2) is 67.0 Å². The van der Waals surface area contributed by atoms with Crippen molar-refractivity contribution < 1.29 is 9.53 Å². The fourth-order valence-electron chi connectivity index (χ4n) is 4.46. The van der Waals surface area contributed by atoms with E-state index in [1.807, 2.05) is 54.3 Å². The number of aryl methyl sites for hydroxylation is 3. The predicted octanol–water partition coefficient (Wildman–Crippen LogP) is 5.31. The maximum Gasteiger partial charge on any atom is 0.262 e. The first-order chi connectivity index (χ1) is 16.0. The van der Waals surface area contributed by atoms with Crippen LogP contribution in [0.5, 0.6) is 5.75 Å². The number of imidazole rings is 1. The van der Waals surface area contributed by atoms with Gasteiger partial charge in [-0.25, -0.2) is 4.98 Å². The van der Waals surface area contributed by atoms with Gasteiger partial charge in [0.1, 0.15) is 5.75 Å². The average molecular weight is 439 g/mol. The first-order valence-electron chi connectivity index (χ1n) is 11.0. The number of nitrogens with zero attached hydrogens (tertiary/aromatic N) is 2. The average Bonchev–Trinajstić information content (AvgIpc) is 3.18. The fraction of sp³-hybridized carbons (Fsp3) is 0.185. The van der Waals surface area contributed by atoms with E-state index in [1.54, 1.807) is 0 Å². The summed E-state index contributed by atoms with van der Waals surface area (Å²) in [5, 5.41) is 6.33. The van der Waals surface area contributed by atoms with E-state index in [4.69, 9.17) is 9.72 Å².